The molecule has 0 aromatic heterocycles. The Balaban J connectivity index is 2.64. The Morgan fingerprint density at radius 3 is 2.17 bits per heavy atom. The fourth-order valence-electron chi connectivity index (χ4n) is 2.50. The zero-order chi connectivity index (χ0) is 13.5. The third-order valence-corrected chi connectivity index (χ3v) is 3.56. The highest BCUT2D eigenvalue weighted by molar-refractivity contribution is 5.28. The molecule has 0 aliphatic carbocycles. The molecule has 102 valence electrons. The third-order valence-electron chi connectivity index (χ3n) is 3.56. The Labute approximate surface area is 113 Å². The first kappa shape index (κ1) is 15.2. The van der Waals surface area contributed by atoms with Crippen molar-refractivity contribution in [2.24, 2.45) is 11.8 Å². The maximum Gasteiger partial charge on any atom is -0.00149 e. The lowest BCUT2D eigenvalue weighted by Crippen LogP contribution is -2.28. The lowest BCUT2D eigenvalue weighted by atomic mass is 9.88. The van der Waals surface area contributed by atoms with E-state index in [2.05, 4.69) is 58.1 Å². The van der Waals surface area contributed by atoms with Crippen LogP contribution in [0.3, 0.4) is 0 Å². The number of benzene rings is 1. The van der Waals surface area contributed by atoms with Crippen LogP contribution in [0.5, 0.6) is 0 Å². The molecule has 0 spiro atoms. The van der Waals surface area contributed by atoms with E-state index in [-0.39, 0.29) is 0 Å². The van der Waals surface area contributed by atoms with Gasteiger partial charge in [-0.2, -0.15) is 0 Å². The van der Waals surface area contributed by atoms with Gasteiger partial charge in [-0.05, 0) is 57.2 Å². The second-order valence-electron chi connectivity index (χ2n) is 5.91. The molecule has 0 aliphatic heterocycles. The molecule has 1 rings (SSSR count). The van der Waals surface area contributed by atoms with Gasteiger partial charge >= 0.3 is 0 Å². The fraction of sp³-hybridized carbons (Fsp3) is 0.647. The van der Waals surface area contributed by atoms with Crippen molar-refractivity contribution in [2.75, 3.05) is 13.1 Å². The fourth-order valence-corrected chi connectivity index (χ4v) is 2.50. The molecule has 0 fully saturated rings. The monoisotopic (exact) mass is 247 g/mol. The Morgan fingerprint density at radius 1 is 1.06 bits per heavy atom. The van der Waals surface area contributed by atoms with E-state index in [9.17, 15) is 0 Å². The first-order valence-corrected chi connectivity index (χ1v) is 7.30. The van der Waals surface area contributed by atoms with E-state index in [1.165, 1.54) is 29.5 Å². The van der Waals surface area contributed by atoms with Gasteiger partial charge in [0.2, 0.25) is 0 Å². The van der Waals surface area contributed by atoms with Crippen LogP contribution in [0.2, 0.25) is 0 Å². The smallest absolute Gasteiger partial charge is 0.00149 e. The largest absolute Gasteiger partial charge is 0.316 e. The molecule has 1 aromatic rings. The molecule has 1 N–H and O–H groups in total. The van der Waals surface area contributed by atoms with Crippen LogP contribution in [-0.2, 0) is 6.42 Å². The van der Waals surface area contributed by atoms with Crippen LogP contribution < -0.4 is 5.32 Å². The van der Waals surface area contributed by atoms with E-state index in [1.54, 1.807) is 0 Å². The molecule has 0 aliphatic rings. The van der Waals surface area contributed by atoms with Gasteiger partial charge < -0.3 is 5.32 Å². The zero-order valence-electron chi connectivity index (χ0n) is 12.7. The van der Waals surface area contributed by atoms with Crippen LogP contribution >= 0.6 is 0 Å². The van der Waals surface area contributed by atoms with Gasteiger partial charge in [0.1, 0.15) is 0 Å². The number of rotatable bonds is 7. The van der Waals surface area contributed by atoms with E-state index < -0.39 is 0 Å². The molecule has 18 heavy (non-hydrogen) atoms. The highest BCUT2D eigenvalue weighted by Gasteiger charge is 2.13. The molecule has 1 unspecified atom stereocenters. The van der Waals surface area contributed by atoms with Gasteiger partial charge in [-0.25, -0.2) is 0 Å². The predicted octanol–water partition coefficient (Wildman–Crippen LogP) is 4.12. The van der Waals surface area contributed by atoms with Crippen molar-refractivity contribution in [1.82, 2.24) is 5.32 Å². The molecule has 0 heterocycles. The Hall–Kier alpha value is -0.820. The zero-order valence-corrected chi connectivity index (χ0v) is 12.7. The summed E-state index contributed by atoms with van der Waals surface area (Å²) >= 11 is 0. The van der Waals surface area contributed by atoms with Crippen molar-refractivity contribution in [3.8, 4) is 0 Å². The molecule has 0 saturated heterocycles. The average Bonchev–Trinajstić information content (AvgIpc) is 2.26. The number of aryl methyl sites for hydroxylation is 2. The number of nitrogens with one attached hydrogen (secondary N) is 1. The summed E-state index contributed by atoms with van der Waals surface area (Å²) < 4.78 is 0. The van der Waals surface area contributed by atoms with Gasteiger partial charge in [-0.1, -0.05) is 50.1 Å². The summed E-state index contributed by atoms with van der Waals surface area (Å²) in [6.07, 6.45) is 2.41. The minimum atomic E-state index is 0.732. The molecule has 0 saturated carbocycles. The minimum Gasteiger partial charge on any atom is -0.316 e. The van der Waals surface area contributed by atoms with Crippen LogP contribution in [0, 0.1) is 25.7 Å². The number of hydrogen-bond acceptors (Lipinski definition) is 1. The summed E-state index contributed by atoms with van der Waals surface area (Å²) in [4.78, 5) is 0. The van der Waals surface area contributed by atoms with Crippen molar-refractivity contribution in [3.05, 3.63) is 34.9 Å². The summed E-state index contributed by atoms with van der Waals surface area (Å²) in [5.74, 6) is 1.47. The molecule has 0 radical (unpaired) electrons. The quantitative estimate of drug-likeness (QED) is 0.715. The van der Waals surface area contributed by atoms with E-state index in [0.29, 0.717) is 0 Å². The molecule has 1 heteroatoms. The third kappa shape index (κ3) is 5.22. The van der Waals surface area contributed by atoms with E-state index in [4.69, 9.17) is 0 Å². The van der Waals surface area contributed by atoms with Crippen LogP contribution in [0.4, 0.5) is 0 Å². The van der Waals surface area contributed by atoms with Crippen molar-refractivity contribution in [2.45, 2.75) is 47.5 Å². The molecule has 1 nitrogen and oxygen atoms in total. The van der Waals surface area contributed by atoms with Crippen molar-refractivity contribution in [3.63, 3.8) is 0 Å². The van der Waals surface area contributed by atoms with Gasteiger partial charge in [0.05, 0.1) is 0 Å². The summed E-state index contributed by atoms with van der Waals surface area (Å²) in [5, 5.41) is 3.57. The van der Waals surface area contributed by atoms with Crippen LogP contribution in [0.15, 0.2) is 18.2 Å². The number of hydrogen-bond donors (Lipinski definition) is 1. The van der Waals surface area contributed by atoms with Crippen LogP contribution in [0.25, 0.3) is 0 Å². The highest BCUT2D eigenvalue weighted by atomic mass is 14.9. The SMILES string of the molecule is CCCNCC(Cc1cc(C)cc(C)c1)C(C)C. The molecule has 0 amide bonds. The maximum absolute atomic E-state index is 3.57. The van der Waals surface area contributed by atoms with E-state index >= 15 is 0 Å². The van der Waals surface area contributed by atoms with E-state index in [0.717, 1.165) is 24.9 Å². The lowest BCUT2D eigenvalue weighted by molar-refractivity contribution is 0.361. The molecule has 1 aromatic carbocycles. The molecule has 1 atom stereocenters. The second-order valence-corrected chi connectivity index (χ2v) is 5.91. The van der Waals surface area contributed by atoms with Crippen LogP contribution in [0.1, 0.15) is 43.9 Å². The molecular formula is C17H29N. The normalized spacial score (nSPS) is 13.0. The topological polar surface area (TPSA) is 12.0 Å². The Bertz CT molecular complexity index is 334. The lowest BCUT2D eigenvalue weighted by Gasteiger charge is -2.22. The van der Waals surface area contributed by atoms with Crippen molar-refractivity contribution in [1.29, 1.82) is 0 Å². The Kier molecular flexibility index (Phi) is 6.42. The highest BCUT2D eigenvalue weighted by Crippen LogP contribution is 2.18. The Morgan fingerprint density at radius 2 is 1.67 bits per heavy atom. The van der Waals surface area contributed by atoms with Crippen molar-refractivity contribution < 1.29 is 0 Å². The van der Waals surface area contributed by atoms with Gasteiger partial charge in [0, 0.05) is 0 Å². The standard InChI is InChI=1S/C17H29N/c1-6-7-18-12-17(13(2)3)11-16-9-14(4)8-15(5)10-16/h8-10,13,17-18H,6-7,11-12H2,1-5H3. The predicted molar refractivity (Wildman–Crippen MR) is 81.1 cm³/mol. The van der Waals surface area contributed by atoms with Gasteiger partial charge in [-0.15, -0.1) is 0 Å². The molecule has 0 bridgehead atoms. The summed E-state index contributed by atoms with van der Waals surface area (Å²) in [6, 6.07) is 6.92. The second kappa shape index (κ2) is 7.58. The van der Waals surface area contributed by atoms with Gasteiger partial charge in [0.15, 0.2) is 0 Å². The maximum atomic E-state index is 3.57. The van der Waals surface area contributed by atoms with E-state index in [1.807, 2.05) is 0 Å². The van der Waals surface area contributed by atoms with Gasteiger partial charge in [0.25, 0.3) is 0 Å². The van der Waals surface area contributed by atoms with Crippen molar-refractivity contribution >= 4 is 0 Å². The molecular weight excluding hydrogens is 218 g/mol. The average molecular weight is 247 g/mol. The summed E-state index contributed by atoms with van der Waals surface area (Å²) in [7, 11) is 0. The minimum absolute atomic E-state index is 0.732. The summed E-state index contributed by atoms with van der Waals surface area (Å²) in [5.41, 5.74) is 4.26. The summed E-state index contributed by atoms with van der Waals surface area (Å²) in [6.45, 7) is 13.5. The first-order chi connectivity index (χ1) is 8.52. The van der Waals surface area contributed by atoms with Crippen LogP contribution in [-0.4, -0.2) is 13.1 Å². The first-order valence-electron chi connectivity index (χ1n) is 7.30. The van der Waals surface area contributed by atoms with Gasteiger partial charge in [-0.3, -0.25) is 0 Å².